The molecule has 0 radical (unpaired) electrons. The van der Waals surface area contributed by atoms with Gasteiger partial charge in [0.2, 0.25) is 0 Å². The molecular formula is C24H22IN3O5. The zero-order valence-electron chi connectivity index (χ0n) is 18.3. The Morgan fingerprint density at radius 1 is 1.12 bits per heavy atom. The first-order chi connectivity index (χ1) is 15.9. The molecule has 0 aromatic heterocycles. The smallest absolute Gasteiger partial charge is 0.355 e. The van der Waals surface area contributed by atoms with Crippen LogP contribution in [0.4, 0.5) is 5.69 Å². The highest BCUT2D eigenvalue weighted by Crippen LogP contribution is 2.45. The highest BCUT2D eigenvalue weighted by molar-refractivity contribution is 14.1. The number of ether oxygens (including phenoxy) is 3. The minimum absolute atomic E-state index is 0.0117. The number of halogens is 1. The van der Waals surface area contributed by atoms with Crippen molar-refractivity contribution in [3.63, 3.8) is 0 Å². The number of esters is 2. The lowest BCUT2D eigenvalue weighted by molar-refractivity contribution is -0.139. The largest absolute Gasteiger partial charge is 0.492 e. The molecule has 2 N–H and O–H groups in total. The molecule has 2 aromatic rings. The highest BCUT2D eigenvalue weighted by atomic mass is 127. The number of nitrogens with zero attached hydrogens (tertiary/aromatic N) is 2. The van der Waals surface area contributed by atoms with Crippen LogP contribution in [0.2, 0.25) is 0 Å². The van der Waals surface area contributed by atoms with E-state index < -0.39 is 17.9 Å². The van der Waals surface area contributed by atoms with Gasteiger partial charge < -0.3 is 19.9 Å². The van der Waals surface area contributed by atoms with Gasteiger partial charge in [0.05, 0.1) is 49.6 Å². The fourth-order valence-corrected chi connectivity index (χ4v) is 4.18. The second-order valence-corrected chi connectivity index (χ2v) is 8.13. The van der Waals surface area contributed by atoms with Crippen molar-refractivity contribution in [2.24, 2.45) is 5.73 Å². The zero-order valence-corrected chi connectivity index (χ0v) is 20.5. The number of nitriles is 1. The first-order valence-electron chi connectivity index (χ1n) is 9.97. The Hall–Kier alpha value is -3.52. The quantitative estimate of drug-likeness (QED) is 0.422. The normalized spacial score (nSPS) is 15.7. The van der Waals surface area contributed by atoms with Crippen molar-refractivity contribution >= 4 is 40.2 Å². The van der Waals surface area contributed by atoms with Crippen molar-refractivity contribution in [1.82, 2.24) is 0 Å². The zero-order chi connectivity index (χ0) is 24.1. The van der Waals surface area contributed by atoms with Crippen LogP contribution in [0.3, 0.4) is 0 Å². The Bertz CT molecular complexity index is 1180. The summed E-state index contributed by atoms with van der Waals surface area (Å²) in [6, 6.07) is 16.3. The van der Waals surface area contributed by atoms with Gasteiger partial charge in [0.15, 0.2) is 0 Å². The average Bonchev–Trinajstić information content (AvgIpc) is 2.84. The topological polar surface area (TPSA) is 115 Å². The minimum atomic E-state index is -0.924. The average molecular weight is 559 g/mol. The monoisotopic (exact) mass is 559 g/mol. The molecule has 1 aliphatic heterocycles. The van der Waals surface area contributed by atoms with E-state index in [2.05, 4.69) is 28.7 Å². The van der Waals surface area contributed by atoms with Crippen molar-refractivity contribution in [1.29, 1.82) is 5.26 Å². The number of rotatable bonds is 6. The molecule has 1 heterocycles. The van der Waals surface area contributed by atoms with E-state index in [1.165, 1.54) is 19.1 Å². The molecule has 170 valence electrons. The van der Waals surface area contributed by atoms with Gasteiger partial charge in [0.25, 0.3) is 0 Å². The predicted molar refractivity (Wildman–Crippen MR) is 130 cm³/mol. The van der Waals surface area contributed by atoms with E-state index in [9.17, 15) is 14.9 Å². The first kappa shape index (κ1) is 24.1. The molecule has 0 saturated heterocycles. The Morgan fingerprint density at radius 2 is 1.79 bits per heavy atom. The van der Waals surface area contributed by atoms with E-state index >= 15 is 0 Å². The van der Waals surface area contributed by atoms with Gasteiger partial charge in [-0.3, -0.25) is 4.90 Å². The number of nitrogens with two attached hydrogens (primary N) is 1. The summed E-state index contributed by atoms with van der Waals surface area (Å²) < 4.78 is 16.7. The maximum absolute atomic E-state index is 13.1. The summed E-state index contributed by atoms with van der Waals surface area (Å²) in [4.78, 5) is 27.5. The molecule has 1 atom stereocenters. The van der Waals surface area contributed by atoms with Crippen LogP contribution in [0.25, 0.3) is 0 Å². The van der Waals surface area contributed by atoms with Gasteiger partial charge >= 0.3 is 11.9 Å². The van der Waals surface area contributed by atoms with E-state index in [4.69, 9.17) is 19.9 Å². The molecule has 0 amide bonds. The molecule has 1 unspecified atom stereocenters. The summed E-state index contributed by atoms with van der Waals surface area (Å²) in [5, 5.41) is 10.1. The molecule has 3 rings (SSSR count). The Labute approximate surface area is 205 Å². The lowest BCUT2D eigenvalue weighted by Gasteiger charge is -2.36. The van der Waals surface area contributed by atoms with E-state index in [0.717, 1.165) is 3.57 Å². The molecule has 0 aliphatic carbocycles. The molecule has 9 heteroatoms. The number of benzene rings is 2. The van der Waals surface area contributed by atoms with Crippen LogP contribution < -0.4 is 15.4 Å². The number of methoxy groups -OCH3 is 2. The lowest BCUT2D eigenvalue weighted by atomic mass is 9.81. The van der Waals surface area contributed by atoms with Crippen LogP contribution in [-0.4, -0.2) is 32.8 Å². The fourth-order valence-electron chi connectivity index (χ4n) is 3.71. The second kappa shape index (κ2) is 10.4. The molecule has 2 aromatic carbocycles. The maximum atomic E-state index is 13.1. The number of allylic oxidation sites excluding steroid dienone is 1. The van der Waals surface area contributed by atoms with Gasteiger partial charge in [0.1, 0.15) is 17.3 Å². The van der Waals surface area contributed by atoms with Crippen LogP contribution in [-0.2, 0) is 19.1 Å². The minimum Gasteiger partial charge on any atom is -0.492 e. The number of hydrogen-bond acceptors (Lipinski definition) is 8. The number of carbonyl (C=O) groups excluding carboxylic acids is 2. The van der Waals surface area contributed by atoms with Crippen LogP contribution in [0.5, 0.6) is 5.75 Å². The van der Waals surface area contributed by atoms with Gasteiger partial charge in [-0.1, -0.05) is 30.3 Å². The molecule has 0 bridgehead atoms. The molecule has 33 heavy (non-hydrogen) atoms. The van der Waals surface area contributed by atoms with Gasteiger partial charge in [-0.2, -0.15) is 5.26 Å². The first-order valence-corrected chi connectivity index (χ1v) is 11.0. The molecule has 8 nitrogen and oxygen atoms in total. The lowest BCUT2D eigenvalue weighted by Crippen LogP contribution is -2.41. The van der Waals surface area contributed by atoms with E-state index in [1.54, 1.807) is 42.5 Å². The van der Waals surface area contributed by atoms with Crippen molar-refractivity contribution in [2.75, 3.05) is 25.7 Å². The fraction of sp³-hybridized carbons (Fsp3) is 0.208. The third-order valence-electron chi connectivity index (χ3n) is 5.07. The van der Waals surface area contributed by atoms with Crippen molar-refractivity contribution in [3.8, 4) is 11.8 Å². The van der Waals surface area contributed by atoms with E-state index in [-0.39, 0.29) is 22.7 Å². The molecule has 0 fully saturated rings. The van der Waals surface area contributed by atoms with E-state index in [0.29, 0.717) is 23.6 Å². The van der Waals surface area contributed by atoms with E-state index in [1.807, 2.05) is 13.0 Å². The SMILES string of the molecule is CCOc1ccc(I)cc1N1C(N)=C(C#N)C(c2ccccc2)C(C(=O)OC)=C1C(=O)OC. The van der Waals surface area contributed by atoms with Gasteiger partial charge in [-0.25, -0.2) is 9.59 Å². The molecule has 1 aliphatic rings. The molecular weight excluding hydrogens is 537 g/mol. The van der Waals surface area contributed by atoms with Gasteiger partial charge in [-0.05, 0) is 53.3 Å². The van der Waals surface area contributed by atoms with Crippen molar-refractivity contribution in [3.05, 3.63) is 80.3 Å². The van der Waals surface area contributed by atoms with Gasteiger partial charge in [-0.15, -0.1) is 0 Å². The standard InChI is InChI=1S/C24H22IN3O5/c1-4-33-18-11-10-15(25)12-17(18)28-21(24(30)32-3)20(23(29)31-2)19(16(13-26)22(28)27)14-8-6-5-7-9-14/h5-12,19H,4,27H2,1-3H3. The summed E-state index contributed by atoms with van der Waals surface area (Å²) >= 11 is 2.11. The second-order valence-electron chi connectivity index (χ2n) is 6.88. The van der Waals surface area contributed by atoms with Crippen molar-refractivity contribution < 1.29 is 23.8 Å². The maximum Gasteiger partial charge on any atom is 0.355 e. The van der Waals surface area contributed by atoms with Gasteiger partial charge in [0, 0.05) is 3.57 Å². The summed E-state index contributed by atoms with van der Waals surface area (Å²) in [6.45, 7) is 2.17. The van der Waals surface area contributed by atoms with Crippen molar-refractivity contribution in [2.45, 2.75) is 12.8 Å². The number of hydrogen-bond donors (Lipinski definition) is 1. The molecule has 0 saturated carbocycles. The number of anilines is 1. The third-order valence-corrected chi connectivity index (χ3v) is 5.74. The van der Waals surface area contributed by atoms with Crippen LogP contribution in [0, 0.1) is 14.9 Å². The molecule has 0 spiro atoms. The summed E-state index contributed by atoms with van der Waals surface area (Å²) in [5.74, 6) is -2.10. The predicted octanol–water partition coefficient (Wildman–Crippen LogP) is 3.59. The van der Waals surface area contributed by atoms with Crippen LogP contribution >= 0.6 is 22.6 Å². The Balaban J connectivity index is 2.45. The third kappa shape index (κ3) is 4.52. The summed E-state index contributed by atoms with van der Waals surface area (Å²) in [5.41, 5.74) is 7.42. The highest BCUT2D eigenvalue weighted by Gasteiger charge is 2.43. The Kier molecular flexibility index (Phi) is 7.60. The summed E-state index contributed by atoms with van der Waals surface area (Å²) in [7, 11) is 2.42. The van der Waals surface area contributed by atoms with Crippen LogP contribution in [0.1, 0.15) is 18.4 Å². The summed E-state index contributed by atoms with van der Waals surface area (Å²) in [6.07, 6.45) is 0. The van der Waals surface area contributed by atoms with Crippen LogP contribution in [0.15, 0.2) is 71.2 Å². The number of carbonyl (C=O) groups is 2. The Morgan fingerprint density at radius 3 is 2.36 bits per heavy atom.